The molecule has 1 amide bonds. The molecule has 2 heterocycles. The van der Waals surface area contributed by atoms with Gasteiger partial charge in [0.15, 0.2) is 0 Å². The number of sulfonamides is 1. The van der Waals surface area contributed by atoms with Crippen molar-refractivity contribution < 1.29 is 17.9 Å². The van der Waals surface area contributed by atoms with Crippen LogP contribution < -0.4 is 5.32 Å². The van der Waals surface area contributed by atoms with Crippen LogP contribution in [-0.2, 0) is 14.8 Å². The number of ether oxygens (including phenoxy) is 1. The number of pyridine rings is 1. The summed E-state index contributed by atoms with van der Waals surface area (Å²) in [6.45, 7) is 3.44. The van der Waals surface area contributed by atoms with Gasteiger partial charge in [0.2, 0.25) is 10.0 Å². The average molecular weight is 341 g/mol. The van der Waals surface area contributed by atoms with E-state index >= 15 is 0 Å². The molecule has 1 aromatic rings. The third-order valence-corrected chi connectivity index (χ3v) is 5.20. The van der Waals surface area contributed by atoms with Crippen molar-refractivity contribution >= 4 is 15.9 Å². The number of hydrogen-bond donors (Lipinski definition) is 1. The smallest absolute Gasteiger partial charge is 0.270 e. The number of aromatic nitrogens is 1. The van der Waals surface area contributed by atoms with Crippen molar-refractivity contribution in [3.05, 3.63) is 29.6 Å². The number of aryl methyl sites for hydroxylation is 1. The minimum absolute atomic E-state index is 0.0627. The Hall–Kier alpha value is -1.51. The Balaban J connectivity index is 1.94. The Morgan fingerprint density at radius 2 is 2.13 bits per heavy atom. The Morgan fingerprint density at radius 1 is 1.43 bits per heavy atom. The van der Waals surface area contributed by atoms with Gasteiger partial charge in [-0.1, -0.05) is 6.07 Å². The van der Waals surface area contributed by atoms with Crippen molar-refractivity contribution in [1.82, 2.24) is 14.6 Å². The number of carbonyl (C=O) groups excluding carboxylic acids is 1. The molecule has 7 nitrogen and oxygen atoms in total. The second-order valence-electron chi connectivity index (χ2n) is 5.64. The van der Waals surface area contributed by atoms with E-state index in [9.17, 15) is 13.2 Å². The molecule has 0 spiro atoms. The van der Waals surface area contributed by atoms with Gasteiger partial charge in [0.25, 0.3) is 5.91 Å². The largest absolute Gasteiger partial charge is 0.381 e. The molecule has 0 saturated carbocycles. The summed E-state index contributed by atoms with van der Waals surface area (Å²) in [5.41, 5.74) is 1.15. The molecule has 128 valence electrons. The Kier molecular flexibility index (Phi) is 6.09. The fourth-order valence-electron chi connectivity index (χ4n) is 2.68. The number of carbonyl (C=O) groups is 1. The van der Waals surface area contributed by atoms with E-state index in [1.54, 1.807) is 12.3 Å². The number of nitrogens with zero attached hydrogens (tertiary/aromatic N) is 2. The zero-order valence-electron chi connectivity index (χ0n) is 13.5. The van der Waals surface area contributed by atoms with E-state index in [1.807, 2.05) is 13.0 Å². The van der Waals surface area contributed by atoms with Crippen LogP contribution in [0, 0.1) is 6.92 Å². The lowest BCUT2D eigenvalue weighted by Gasteiger charge is -2.32. The molecule has 0 radical (unpaired) electrons. The van der Waals surface area contributed by atoms with Crippen LogP contribution in [0.15, 0.2) is 18.3 Å². The van der Waals surface area contributed by atoms with Gasteiger partial charge in [-0.3, -0.25) is 9.78 Å². The van der Waals surface area contributed by atoms with Crippen LogP contribution in [-0.4, -0.2) is 62.2 Å². The van der Waals surface area contributed by atoms with E-state index in [4.69, 9.17) is 4.74 Å². The highest BCUT2D eigenvalue weighted by atomic mass is 32.2. The van der Waals surface area contributed by atoms with Gasteiger partial charge in [0.05, 0.1) is 6.26 Å². The predicted octanol–water partition coefficient (Wildman–Crippen LogP) is 0.560. The molecule has 8 heteroatoms. The van der Waals surface area contributed by atoms with Gasteiger partial charge >= 0.3 is 0 Å². The molecule has 1 fully saturated rings. The summed E-state index contributed by atoms with van der Waals surface area (Å²) in [5, 5.41) is 2.74. The van der Waals surface area contributed by atoms with Gasteiger partial charge in [-0.05, 0) is 31.4 Å². The maximum Gasteiger partial charge on any atom is 0.270 e. The minimum atomic E-state index is -3.32. The lowest BCUT2D eigenvalue weighted by Crippen LogP contribution is -2.46. The summed E-state index contributed by atoms with van der Waals surface area (Å²) in [5.74, 6) is -0.288. The predicted molar refractivity (Wildman–Crippen MR) is 86.7 cm³/mol. The first kappa shape index (κ1) is 17.8. The van der Waals surface area contributed by atoms with Gasteiger partial charge in [0.1, 0.15) is 5.69 Å². The standard InChI is InChI=1S/C15H23N3O4S/c1-12-4-3-7-16-14(12)15(19)17-8-9-18(23(2,20)21)13-5-10-22-11-6-13/h3-4,7,13H,5-6,8-11H2,1-2H3,(H,17,19). The van der Waals surface area contributed by atoms with Crippen LogP contribution >= 0.6 is 0 Å². The third-order valence-electron chi connectivity index (χ3n) is 3.87. The van der Waals surface area contributed by atoms with Gasteiger partial charge in [-0.15, -0.1) is 0 Å². The normalized spacial score (nSPS) is 16.5. The first-order valence-corrected chi connectivity index (χ1v) is 9.49. The van der Waals surface area contributed by atoms with Crippen LogP contribution in [0.3, 0.4) is 0 Å². The highest BCUT2D eigenvalue weighted by Gasteiger charge is 2.28. The Morgan fingerprint density at radius 3 is 2.74 bits per heavy atom. The number of rotatable bonds is 6. The SMILES string of the molecule is Cc1cccnc1C(=O)NCCN(C1CCOCC1)S(C)(=O)=O. The van der Waals surface area contributed by atoms with Gasteiger partial charge < -0.3 is 10.1 Å². The maximum atomic E-state index is 12.1. The summed E-state index contributed by atoms with van der Waals surface area (Å²) in [6, 6.07) is 3.52. The lowest BCUT2D eigenvalue weighted by atomic mass is 10.1. The molecule has 1 saturated heterocycles. The summed E-state index contributed by atoms with van der Waals surface area (Å²) in [7, 11) is -3.32. The molecule has 1 aromatic heterocycles. The molecule has 0 atom stereocenters. The van der Waals surface area contributed by atoms with Crippen molar-refractivity contribution in [3.8, 4) is 0 Å². The van der Waals surface area contributed by atoms with E-state index in [0.29, 0.717) is 31.7 Å². The highest BCUT2D eigenvalue weighted by molar-refractivity contribution is 7.88. The molecule has 0 aliphatic carbocycles. The molecule has 1 N–H and O–H groups in total. The zero-order valence-corrected chi connectivity index (χ0v) is 14.3. The van der Waals surface area contributed by atoms with Gasteiger partial charge in [0, 0.05) is 38.5 Å². The van der Waals surface area contributed by atoms with Crippen molar-refractivity contribution in [2.45, 2.75) is 25.8 Å². The summed E-state index contributed by atoms with van der Waals surface area (Å²) in [6.07, 6.45) is 4.13. The first-order chi connectivity index (χ1) is 10.9. The number of nitrogens with one attached hydrogen (secondary N) is 1. The highest BCUT2D eigenvalue weighted by Crippen LogP contribution is 2.16. The van der Waals surface area contributed by atoms with Crippen molar-refractivity contribution in [2.24, 2.45) is 0 Å². The quantitative estimate of drug-likeness (QED) is 0.817. The molecule has 23 heavy (non-hydrogen) atoms. The van der Waals surface area contributed by atoms with Crippen LogP contribution in [0.1, 0.15) is 28.9 Å². The van der Waals surface area contributed by atoms with Crippen LogP contribution in [0.2, 0.25) is 0 Å². The first-order valence-electron chi connectivity index (χ1n) is 7.64. The second-order valence-corrected chi connectivity index (χ2v) is 7.58. The van der Waals surface area contributed by atoms with Crippen LogP contribution in [0.25, 0.3) is 0 Å². The molecule has 2 rings (SSSR count). The fraction of sp³-hybridized carbons (Fsp3) is 0.600. The lowest BCUT2D eigenvalue weighted by molar-refractivity contribution is 0.0585. The van der Waals surface area contributed by atoms with Gasteiger partial charge in [-0.2, -0.15) is 4.31 Å². The van der Waals surface area contributed by atoms with Crippen molar-refractivity contribution in [3.63, 3.8) is 0 Å². The molecule has 1 aliphatic rings. The van der Waals surface area contributed by atoms with E-state index in [2.05, 4.69) is 10.3 Å². The molecule has 0 unspecified atom stereocenters. The van der Waals surface area contributed by atoms with Crippen molar-refractivity contribution in [1.29, 1.82) is 0 Å². The molecule has 1 aliphatic heterocycles. The number of hydrogen-bond acceptors (Lipinski definition) is 5. The zero-order chi connectivity index (χ0) is 16.9. The second kappa shape index (κ2) is 7.85. The fourth-order valence-corrected chi connectivity index (χ4v) is 3.85. The van der Waals surface area contributed by atoms with Crippen LogP contribution in [0.4, 0.5) is 0 Å². The maximum absolute atomic E-state index is 12.1. The molecule has 0 aromatic carbocycles. The Bertz CT molecular complexity index is 642. The number of amides is 1. The molecular weight excluding hydrogens is 318 g/mol. The summed E-state index contributed by atoms with van der Waals surface area (Å²) < 4.78 is 30.7. The van der Waals surface area contributed by atoms with Gasteiger partial charge in [-0.25, -0.2) is 8.42 Å². The van der Waals surface area contributed by atoms with E-state index < -0.39 is 10.0 Å². The van der Waals surface area contributed by atoms with Crippen LogP contribution in [0.5, 0.6) is 0 Å². The average Bonchev–Trinajstić information content (AvgIpc) is 2.51. The topological polar surface area (TPSA) is 88.6 Å². The van der Waals surface area contributed by atoms with Crippen molar-refractivity contribution in [2.75, 3.05) is 32.6 Å². The van der Waals surface area contributed by atoms with E-state index in [1.165, 1.54) is 10.6 Å². The summed E-state index contributed by atoms with van der Waals surface area (Å²) >= 11 is 0. The molecule has 0 bridgehead atoms. The van der Waals surface area contributed by atoms with E-state index in [-0.39, 0.29) is 25.0 Å². The Labute approximate surface area is 137 Å². The van der Waals surface area contributed by atoms with E-state index in [0.717, 1.165) is 5.56 Å². The molecular formula is C15H23N3O4S. The minimum Gasteiger partial charge on any atom is -0.381 e. The monoisotopic (exact) mass is 341 g/mol. The third kappa shape index (κ3) is 4.98. The summed E-state index contributed by atoms with van der Waals surface area (Å²) in [4.78, 5) is 16.2.